The van der Waals surface area contributed by atoms with Crippen molar-refractivity contribution in [2.75, 3.05) is 18.0 Å². The highest BCUT2D eigenvalue weighted by atomic mass is 16.3. The van der Waals surface area contributed by atoms with E-state index in [-0.39, 0.29) is 6.61 Å². The van der Waals surface area contributed by atoms with E-state index < -0.39 is 0 Å². The van der Waals surface area contributed by atoms with Crippen LogP contribution < -0.4 is 4.90 Å². The van der Waals surface area contributed by atoms with Gasteiger partial charge in [-0.15, -0.1) is 0 Å². The van der Waals surface area contributed by atoms with Crippen LogP contribution in [0, 0.1) is 23.7 Å². The molecule has 0 amide bonds. The third kappa shape index (κ3) is 1.39. The predicted molar refractivity (Wildman–Crippen MR) is 72.3 cm³/mol. The number of aliphatic hydroxyl groups excluding tert-OH is 1. The van der Waals surface area contributed by atoms with Gasteiger partial charge < -0.3 is 10.0 Å². The van der Waals surface area contributed by atoms with Crippen molar-refractivity contribution in [2.45, 2.75) is 13.0 Å². The van der Waals surface area contributed by atoms with Gasteiger partial charge in [-0.3, -0.25) is 0 Å². The minimum atomic E-state index is 0.146. The molecule has 4 atom stereocenters. The number of para-hydroxylation sites is 1. The Balaban J connectivity index is 1.62. The zero-order valence-electron chi connectivity index (χ0n) is 10.5. The molecule has 2 nitrogen and oxygen atoms in total. The minimum Gasteiger partial charge on any atom is -0.392 e. The summed E-state index contributed by atoms with van der Waals surface area (Å²) in [6.45, 7) is 2.49. The summed E-state index contributed by atoms with van der Waals surface area (Å²) < 4.78 is 0. The molecule has 1 aromatic carbocycles. The Morgan fingerprint density at radius 1 is 1.06 bits per heavy atom. The third-order valence-corrected chi connectivity index (χ3v) is 5.16. The first-order valence-corrected chi connectivity index (χ1v) is 6.99. The lowest BCUT2D eigenvalue weighted by atomic mass is 9.86. The molecule has 94 valence electrons. The Labute approximate surface area is 108 Å². The van der Waals surface area contributed by atoms with E-state index in [9.17, 15) is 5.11 Å². The molecule has 2 heteroatoms. The van der Waals surface area contributed by atoms with Gasteiger partial charge in [-0.2, -0.15) is 0 Å². The molecule has 2 fully saturated rings. The molecular formula is C16H19NO. The number of benzene rings is 1. The van der Waals surface area contributed by atoms with E-state index >= 15 is 0 Å². The lowest BCUT2D eigenvalue weighted by molar-refractivity contribution is 0.282. The van der Waals surface area contributed by atoms with Crippen LogP contribution in [0.15, 0.2) is 36.4 Å². The molecule has 1 aromatic rings. The van der Waals surface area contributed by atoms with E-state index in [0.717, 1.165) is 29.2 Å². The number of allylic oxidation sites excluding steroid dienone is 2. The SMILES string of the molecule is OCc1ccccc1N1CC2C3C=CC(C3)C2C1. The topological polar surface area (TPSA) is 23.5 Å². The summed E-state index contributed by atoms with van der Waals surface area (Å²) in [5.74, 6) is 3.36. The highest BCUT2D eigenvalue weighted by Gasteiger charge is 2.49. The van der Waals surface area contributed by atoms with Crippen LogP contribution in [0.5, 0.6) is 0 Å². The number of fused-ring (bicyclic) bond motifs is 5. The summed E-state index contributed by atoms with van der Waals surface area (Å²) in [6, 6.07) is 8.28. The van der Waals surface area contributed by atoms with Crippen molar-refractivity contribution in [3.63, 3.8) is 0 Å². The Bertz CT molecular complexity index is 476. The van der Waals surface area contributed by atoms with Gasteiger partial charge >= 0.3 is 0 Å². The lowest BCUT2D eigenvalue weighted by Crippen LogP contribution is -2.23. The molecule has 1 N–H and O–H groups in total. The van der Waals surface area contributed by atoms with Crippen LogP contribution in [-0.4, -0.2) is 18.2 Å². The highest BCUT2D eigenvalue weighted by molar-refractivity contribution is 5.54. The van der Waals surface area contributed by atoms with Gasteiger partial charge in [0.1, 0.15) is 0 Å². The molecule has 1 heterocycles. The second-order valence-electron chi connectivity index (χ2n) is 5.97. The summed E-state index contributed by atoms with van der Waals surface area (Å²) in [6.07, 6.45) is 6.27. The lowest BCUT2D eigenvalue weighted by Gasteiger charge is -2.23. The maximum Gasteiger partial charge on any atom is 0.0702 e. The molecule has 0 aromatic heterocycles. The van der Waals surface area contributed by atoms with Gasteiger partial charge in [0.15, 0.2) is 0 Å². The van der Waals surface area contributed by atoms with Gasteiger partial charge in [-0.25, -0.2) is 0 Å². The van der Waals surface area contributed by atoms with Crippen LogP contribution >= 0.6 is 0 Å². The van der Waals surface area contributed by atoms with Crippen molar-refractivity contribution in [3.8, 4) is 0 Å². The zero-order chi connectivity index (χ0) is 12.1. The maximum atomic E-state index is 9.46. The summed E-state index contributed by atoms with van der Waals surface area (Å²) in [7, 11) is 0. The summed E-state index contributed by atoms with van der Waals surface area (Å²) in [4.78, 5) is 2.49. The fourth-order valence-electron chi connectivity index (χ4n) is 4.30. The van der Waals surface area contributed by atoms with Crippen molar-refractivity contribution < 1.29 is 5.11 Å². The van der Waals surface area contributed by atoms with E-state index in [2.05, 4.69) is 29.2 Å². The average Bonchev–Trinajstić information content (AvgIpc) is 3.10. The van der Waals surface area contributed by atoms with Crippen LogP contribution in [0.1, 0.15) is 12.0 Å². The second kappa shape index (κ2) is 3.86. The quantitative estimate of drug-likeness (QED) is 0.804. The minimum absolute atomic E-state index is 0.146. The Kier molecular flexibility index (Phi) is 2.28. The van der Waals surface area contributed by atoms with Gasteiger partial charge in [0.2, 0.25) is 0 Å². The fraction of sp³-hybridized carbons (Fsp3) is 0.500. The number of hydrogen-bond donors (Lipinski definition) is 1. The molecule has 4 unspecified atom stereocenters. The molecule has 0 spiro atoms. The van der Waals surface area contributed by atoms with E-state index in [0.29, 0.717) is 0 Å². The van der Waals surface area contributed by atoms with Gasteiger partial charge in [0.25, 0.3) is 0 Å². The van der Waals surface area contributed by atoms with E-state index in [4.69, 9.17) is 0 Å². The molecule has 4 rings (SSSR count). The van der Waals surface area contributed by atoms with Crippen LogP contribution in [0.3, 0.4) is 0 Å². The average molecular weight is 241 g/mol. The third-order valence-electron chi connectivity index (χ3n) is 5.16. The summed E-state index contributed by atoms with van der Waals surface area (Å²) in [5, 5.41) is 9.46. The molecule has 3 aliphatic rings. The Morgan fingerprint density at radius 3 is 2.39 bits per heavy atom. The van der Waals surface area contributed by atoms with Crippen molar-refractivity contribution in [2.24, 2.45) is 23.7 Å². The molecule has 2 aliphatic carbocycles. The van der Waals surface area contributed by atoms with Gasteiger partial charge in [-0.1, -0.05) is 30.4 Å². The van der Waals surface area contributed by atoms with Crippen molar-refractivity contribution >= 4 is 5.69 Å². The molecular weight excluding hydrogens is 222 g/mol. The Morgan fingerprint density at radius 2 is 1.72 bits per heavy atom. The normalized spacial score (nSPS) is 36.4. The van der Waals surface area contributed by atoms with Crippen LogP contribution in [0.25, 0.3) is 0 Å². The van der Waals surface area contributed by atoms with Gasteiger partial charge in [-0.05, 0) is 36.2 Å². The molecule has 1 aliphatic heterocycles. The monoisotopic (exact) mass is 241 g/mol. The first-order chi connectivity index (χ1) is 8.86. The van der Waals surface area contributed by atoms with Crippen LogP contribution in [-0.2, 0) is 6.61 Å². The molecule has 18 heavy (non-hydrogen) atoms. The zero-order valence-corrected chi connectivity index (χ0v) is 10.5. The molecule has 0 radical (unpaired) electrons. The number of nitrogens with zero attached hydrogens (tertiary/aromatic N) is 1. The van der Waals surface area contributed by atoms with E-state index in [1.807, 2.05) is 12.1 Å². The summed E-state index contributed by atoms with van der Waals surface area (Å²) >= 11 is 0. The number of rotatable bonds is 2. The first-order valence-electron chi connectivity index (χ1n) is 6.99. The fourth-order valence-corrected chi connectivity index (χ4v) is 4.30. The predicted octanol–water partition coefficient (Wildman–Crippen LogP) is 2.44. The van der Waals surface area contributed by atoms with E-state index in [1.165, 1.54) is 25.2 Å². The first kappa shape index (κ1) is 10.6. The van der Waals surface area contributed by atoms with Crippen LogP contribution in [0.4, 0.5) is 5.69 Å². The maximum absolute atomic E-state index is 9.46. The van der Waals surface area contributed by atoms with Crippen molar-refractivity contribution in [3.05, 3.63) is 42.0 Å². The Hall–Kier alpha value is -1.28. The van der Waals surface area contributed by atoms with Crippen LogP contribution in [0.2, 0.25) is 0 Å². The smallest absolute Gasteiger partial charge is 0.0702 e. The van der Waals surface area contributed by atoms with Gasteiger partial charge in [0.05, 0.1) is 6.61 Å². The molecule has 2 bridgehead atoms. The number of anilines is 1. The molecule has 1 saturated heterocycles. The number of aliphatic hydroxyl groups is 1. The molecule has 1 saturated carbocycles. The summed E-state index contributed by atoms with van der Waals surface area (Å²) in [5.41, 5.74) is 2.31. The second-order valence-corrected chi connectivity index (χ2v) is 5.97. The van der Waals surface area contributed by atoms with Gasteiger partial charge in [0, 0.05) is 24.3 Å². The largest absolute Gasteiger partial charge is 0.392 e. The van der Waals surface area contributed by atoms with Crippen molar-refractivity contribution in [1.29, 1.82) is 0 Å². The highest BCUT2D eigenvalue weighted by Crippen LogP contribution is 2.52. The van der Waals surface area contributed by atoms with Crippen molar-refractivity contribution in [1.82, 2.24) is 0 Å². The standard InChI is InChI=1S/C16H19NO/c18-10-13-3-1-2-4-16(13)17-8-14-11-5-6-12(7-11)15(14)9-17/h1-6,11-12,14-15,18H,7-10H2. The number of hydrogen-bond acceptors (Lipinski definition) is 2. The van der Waals surface area contributed by atoms with E-state index in [1.54, 1.807) is 0 Å².